The molecular weight excluding hydrogens is 410 g/mol. The molecule has 3 aliphatic heterocycles. The van der Waals surface area contributed by atoms with Gasteiger partial charge in [-0.15, -0.1) is 0 Å². The summed E-state index contributed by atoms with van der Waals surface area (Å²) in [4.78, 5) is 11.3. The Hall–Kier alpha value is -4.07. The molecule has 0 unspecified atom stereocenters. The number of nitro groups is 1. The number of hydrazone groups is 1. The zero-order chi connectivity index (χ0) is 21.7. The molecule has 0 bridgehead atoms. The lowest BCUT2D eigenvalue weighted by Crippen LogP contribution is -2.34. The summed E-state index contributed by atoms with van der Waals surface area (Å²) in [5.74, 6) is 2.14. The smallest absolute Gasteiger partial charge is 0.278 e. The van der Waals surface area contributed by atoms with E-state index in [1.807, 2.05) is 47.5 Å². The van der Waals surface area contributed by atoms with Gasteiger partial charge >= 0.3 is 0 Å². The Balaban J connectivity index is 1.44. The lowest BCUT2D eigenvalue weighted by Gasteiger charge is -2.37. The minimum absolute atomic E-state index is 0.0126. The van der Waals surface area contributed by atoms with E-state index in [1.54, 1.807) is 18.2 Å². The average Bonchev–Trinajstić information content (AvgIpc) is 3.29. The molecule has 0 N–H and O–H groups in total. The number of benzene rings is 3. The van der Waals surface area contributed by atoms with E-state index in [4.69, 9.17) is 19.3 Å². The van der Waals surface area contributed by atoms with Crippen molar-refractivity contribution < 1.29 is 19.1 Å². The van der Waals surface area contributed by atoms with Gasteiger partial charge in [-0.05, 0) is 30.3 Å². The molecule has 0 fully saturated rings. The highest BCUT2D eigenvalue weighted by Crippen LogP contribution is 2.49. The maximum atomic E-state index is 11.7. The Labute approximate surface area is 183 Å². The van der Waals surface area contributed by atoms with Crippen LogP contribution in [0.25, 0.3) is 0 Å². The fourth-order valence-electron chi connectivity index (χ4n) is 4.50. The van der Waals surface area contributed by atoms with Crippen molar-refractivity contribution in [2.45, 2.75) is 18.7 Å². The molecule has 0 spiro atoms. The summed E-state index contributed by atoms with van der Waals surface area (Å²) >= 11 is 0. The molecule has 160 valence electrons. The van der Waals surface area contributed by atoms with Gasteiger partial charge in [-0.1, -0.05) is 30.3 Å². The molecule has 32 heavy (non-hydrogen) atoms. The molecule has 8 nitrogen and oxygen atoms in total. The maximum absolute atomic E-state index is 11.7. The third-order valence-corrected chi connectivity index (χ3v) is 5.97. The van der Waals surface area contributed by atoms with E-state index in [1.165, 1.54) is 6.07 Å². The van der Waals surface area contributed by atoms with Crippen molar-refractivity contribution in [2.24, 2.45) is 5.10 Å². The third-order valence-electron chi connectivity index (χ3n) is 5.97. The van der Waals surface area contributed by atoms with Crippen LogP contribution in [0.3, 0.4) is 0 Å². The first-order chi connectivity index (χ1) is 15.7. The van der Waals surface area contributed by atoms with E-state index >= 15 is 0 Å². The van der Waals surface area contributed by atoms with E-state index in [-0.39, 0.29) is 16.7 Å². The number of hydrogen-bond acceptors (Lipinski definition) is 7. The van der Waals surface area contributed by atoms with Crippen molar-refractivity contribution >= 4 is 11.4 Å². The van der Waals surface area contributed by atoms with Crippen LogP contribution in [0.5, 0.6) is 17.2 Å². The van der Waals surface area contributed by atoms with E-state index < -0.39 is 6.23 Å². The van der Waals surface area contributed by atoms with Gasteiger partial charge in [-0.2, -0.15) is 5.10 Å². The fraction of sp³-hybridized carbons (Fsp3) is 0.208. The van der Waals surface area contributed by atoms with Crippen molar-refractivity contribution in [2.75, 3.05) is 13.2 Å². The third kappa shape index (κ3) is 2.95. The van der Waals surface area contributed by atoms with Crippen molar-refractivity contribution in [3.63, 3.8) is 0 Å². The molecule has 3 heterocycles. The molecule has 3 aromatic rings. The molecular formula is C24H19N3O5. The second-order valence-electron chi connectivity index (χ2n) is 7.83. The van der Waals surface area contributed by atoms with Crippen molar-refractivity contribution in [3.05, 3.63) is 93.5 Å². The number of nitro benzene ring substituents is 1. The molecule has 0 aromatic heterocycles. The molecule has 8 heteroatoms. The molecule has 0 aliphatic carbocycles. The van der Waals surface area contributed by atoms with Crippen LogP contribution in [-0.4, -0.2) is 28.9 Å². The number of nitrogens with zero attached hydrogens (tertiary/aromatic N) is 3. The standard InChI is InChI=1S/C24H19N3O5/c28-27(29)19-7-3-1-6-17(19)24-26-20(16-5-2-4-8-21(16)32-24)14-18(25-26)15-9-10-22-23(13-15)31-12-11-30-22/h1-10,13,20,24H,11-12,14H2/t20-,24+/m0/s1. The van der Waals surface area contributed by atoms with Crippen molar-refractivity contribution in [1.29, 1.82) is 0 Å². The van der Waals surface area contributed by atoms with Crippen LogP contribution >= 0.6 is 0 Å². The predicted molar refractivity (Wildman–Crippen MR) is 116 cm³/mol. The Morgan fingerprint density at radius 3 is 2.50 bits per heavy atom. The number of fused-ring (bicyclic) bond motifs is 4. The van der Waals surface area contributed by atoms with Gasteiger partial charge in [0.2, 0.25) is 6.23 Å². The summed E-state index contributed by atoms with van der Waals surface area (Å²) in [6.45, 7) is 1.05. The number of hydrogen-bond donors (Lipinski definition) is 0. The first-order valence-electron chi connectivity index (χ1n) is 10.4. The van der Waals surface area contributed by atoms with Crippen LogP contribution in [-0.2, 0) is 0 Å². The Kier molecular flexibility index (Phi) is 4.24. The van der Waals surface area contributed by atoms with Gasteiger partial charge in [0.1, 0.15) is 19.0 Å². The van der Waals surface area contributed by atoms with Gasteiger partial charge in [0.15, 0.2) is 11.5 Å². The summed E-state index contributed by atoms with van der Waals surface area (Å²) in [6, 6.07) is 20.2. The number of ether oxygens (including phenoxy) is 3. The summed E-state index contributed by atoms with van der Waals surface area (Å²) in [5, 5.41) is 18.4. The molecule has 0 amide bonds. The zero-order valence-corrected chi connectivity index (χ0v) is 17.0. The number of rotatable bonds is 3. The second-order valence-corrected chi connectivity index (χ2v) is 7.83. The average molecular weight is 429 g/mol. The minimum Gasteiger partial charge on any atom is -0.486 e. The van der Waals surface area contributed by atoms with Gasteiger partial charge in [0.25, 0.3) is 5.69 Å². The summed E-state index contributed by atoms with van der Waals surface area (Å²) in [5.41, 5.74) is 3.31. The second kappa shape index (κ2) is 7.26. The first kappa shape index (κ1) is 18.7. The Bertz CT molecular complexity index is 1260. The Morgan fingerprint density at radius 1 is 0.906 bits per heavy atom. The fourth-order valence-corrected chi connectivity index (χ4v) is 4.50. The van der Waals surface area contributed by atoms with E-state index in [0.717, 1.165) is 28.3 Å². The van der Waals surface area contributed by atoms with Crippen LogP contribution in [0, 0.1) is 10.1 Å². The first-order valence-corrected chi connectivity index (χ1v) is 10.4. The minimum atomic E-state index is -0.703. The SMILES string of the molecule is O=[N+]([O-])c1ccccc1[C@H]1Oc2ccccc2[C@@H]2CC(c3ccc4c(c3)OCCO4)=NN12. The predicted octanol–water partition coefficient (Wildman–Crippen LogP) is 4.61. The normalized spacial score (nSPS) is 20.6. The van der Waals surface area contributed by atoms with E-state index in [9.17, 15) is 10.1 Å². The summed E-state index contributed by atoms with van der Waals surface area (Å²) < 4.78 is 17.6. The summed E-state index contributed by atoms with van der Waals surface area (Å²) in [6.07, 6.45) is -0.0526. The molecule has 0 radical (unpaired) electrons. The molecule has 3 aromatic carbocycles. The largest absolute Gasteiger partial charge is 0.486 e. The number of para-hydroxylation sites is 2. The molecule has 6 rings (SSSR count). The van der Waals surface area contributed by atoms with Crippen LogP contribution in [0.2, 0.25) is 0 Å². The van der Waals surface area contributed by atoms with E-state index in [2.05, 4.69) is 0 Å². The van der Waals surface area contributed by atoms with Crippen LogP contribution in [0.15, 0.2) is 71.8 Å². The molecule has 0 saturated carbocycles. The van der Waals surface area contributed by atoms with Crippen molar-refractivity contribution in [3.8, 4) is 17.2 Å². The topological polar surface area (TPSA) is 86.4 Å². The highest BCUT2D eigenvalue weighted by atomic mass is 16.6. The van der Waals surface area contributed by atoms with Gasteiger partial charge < -0.3 is 14.2 Å². The van der Waals surface area contributed by atoms with E-state index in [0.29, 0.717) is 30.9 Å². The lowest BCUT2D eigenvalue weighted by atomic mass is 9.95. The van der Waals surface area contributed by atoms with Gasteiger partial charge in [-0.3, -0.25) is 10.1 Å². The molecule has 0 saturated heterocycles. The highest BCUT2D eigenvalue weighted by Gasteiger charge is 2.43. The lowest BCUT2D eigenvalue weighted by molar-refractivity contribution is -0.386. The van der Waals surface area contributed by atoms with Gasteiger partial charge in [-0.25, -0.2) is 5.01 Å². The van der Waals surface area contributed by atoms with Gasteiger partial charge in [0, 0.05) is 23.6 Å². The Morgan fingerprint density at radius 2 is 1.66 bits per heavy atom. The summed E-state index contributed by atoms with van der Waals surface area (Å²) in [7, 11) is 0. The monoisotopic (exact) mass is 429 g/mol. The van der Waals surface area contributed by atoms with Crippen LogP contribution in [0.1, 0.15) is 35.4 Å². The highest BCUT2D eigenvalue weighted by molar-refractivity contribution is 6.02. The quantitative estimate of drug-likeness (QED) is 0.446. The van der Waals surface area contributed by atoms with Gasteiger partial charge in [0.05, 0.1) is 22.2 Å². The van der Waals surface area contributed by atoms with Crippen LogP contribution in [0.4, 0.5) is 5.69 Å². The zero-order valence-electron chi connectivity index (χ0n) is 17.0. The molecule has 2 atom stereocenters. The van der Waals surface area contributed by atoms with Crippen molar-refractivity contribution in [1.82, 2.24) is 5.01 Å². The van der Waals surface area contributed by atoms with Crippen LogP contribution < -0.4 is 14.2 Å². The maximum Gasteiger partial charge on any atom is 0.278 e. The molecule has 3 aliphatic rings.